The molecule has 1 unspecified atom stereocenters. The Bertz CT molecular complexity index is 501. The number of hydrogen-bond acceptors (Lipinski definition) is 6. The molecule has 0 saturated carbocycles. The van der Waals surface area contributed by atoms with Gasteiger partial charge in [0.05, 0.1) is 6.61 Å². The quantitative estimate of drug-likeness (QED) is 0.816. The average Bonchev–Trinajstić information content (AvgIpc) is 2.42. The van der Waals surface area contributed by atoms with E-state index in [1.807, 2.05) is 0 Å². The number of rotatable bonds is 3. The van der Waals surface area contributed by atoms with E-state index in [1.165, 1.54) is 6.07 Å². The van der Waals surface area contributed by atoms with E-state index in [1.54, 1.807) is 6.92 Å². The largest absolute Gasteiger partial charge is 0.506 e. The fourth-order valence-corrected chi connectivity index (χ4v) is 2.25. The van der Waals surface area contributed by atoms with Gasteiger partial charge in [0.2, 0.25) is 0 Å². The van der Waals surface area contributed by atoms with Crippen molar-refractivity contribution in [3.63, 3.8) is 0 Å². The van der Waals surface area contributed by atoms with Gasteiger partial charge in [-0.25, -0.2) is 4.79 Å². The highest BCUT2D eigenvalue weighted by Gasteiger charge is 2.28. The van der Waals surface area contributed by atoms with Crippen molar-refractivity contribution in [1.29, 1.82) is 0 Å². The van der Waals surface area contributed by atoms with Crippen molar-refractivity contribution in [2.24, 2.45) is 0 Å². The fraction of sp³-hybridized carbons (Fsp3) is 0.417. The van der Waals surface area contributed by atoms with E-state index in [0.717, 1.165) is 0 Å². The van der Waals surface area contributed by atoms with Gasteiger partial charge in [0.15, 0.2) is 17.6 Å². The number of ether oxygens (including phenoxy) is 3. The maximum atomic E-state index is 11.5. The Labute approximate surface area is 118 Å². The summed E-state index contributed by atoms with van der Waals surface area (Å²) in [7, 11) is 0. The molecule has 0 bridgehead atoms. The van der Waals surface area contributed by atoms with Crippen LogP contribution in [0.1, 0.15) is 18.6 Å². The Morgan fingerprint density at radius 3 is 2.89 bits per heavy atom. The molecule has 1 atom stereocenters. The van der Waals surface area contributed by atoms with Crippen LogP contribution in [0.4, 0.5) is 0 Å². The number of fused-ring (bicyclic) bond motifs is 1. The molecule has 0 radical (unpaired) electrons. The predicted octanol–water partition coefficient (Wildman–Crippen LogP) is 1.52. The highest BCUT2D eigenvalue weighted by molar-refractivity contribution is 9.10. The van der Waals surface area contributed by atoms with E-state index in [4.69, 9.17) is 14.2 Å². The summed E-state index contributed by atoms with van der Waals surface area (Å²) >= 11 is 3.15. The van der Waals surface area contributed by atoms with Crippen molar-refractivity contribution < 1.29 is 29.2 Å². The van der Waals surface area contributed by atoms with Gasteiger partial charge in [0.1, 0.15) is 23.4 Å². The number of aliphatic hydroxyl groups excluding tert-OH is 1. The van der Waals surface area contributed by atoms with Crippen LogP contribution in [0.2, 0.25) is 0 Å². The number of aliphatic hydroxyl groups is 1. The Morgan fingerprint density at radius 2 is 2.21 bits per heavy atom. The lowest BCUT2D eigenvalue weighted by atomic mass is 10.1. The van der Waals surface area contributed by atoms with Gasteiger partial charge in [-0.15, -0.1) is 0 Å². The lowest BCUT2D eigenvalue weighted by Gasteiger charge is -2.22. The zero-order valence-corrected chi connectivity index (χ0v) is 11.8. The molecule has 0 amide bonds. The molecule has 6 nitrogen and oxygen atoms in total. The molecule has 2 N–H and O–H groups in total. The van der Waals surface area contributed by atoms with Gasteiger partial charge >= 0.3 is 5.97 Å². The van der Waals surface area contributed by atoms with Crippen LogP contribution in [0, 0.1) is 0 Å². The molecule has 0 saturated heterocycles. The molecule has 2 rings (SSSR count). The first-order chi connectivity index (χ1) is 9.06. The topological polar surface area (TPSA) is 85.2 Å². The van der Waals surface area contributed by atoms with Crippen LogP contribution in [0.5, 0.6) is 17.2 Å². The van der Waals surface area contributed by atoms with Crippen LogP contribution in [0.25, 0.3) is 0 Å². The molecule has 19 heavy (non-hydrogen) atoms. The first-order valence-electron chi connectivity index (χ1n) is 5.72. The van der Waals surface area contributed by atoms with Gasteiger partial charge in [0.25, 0.3) is 0 Å². The SMILES string of the molecule is CCOC(=O)C(O)c1cc2c(c(Br)c1O)OCCO2. The zero-order valence-electron chi connectivity index (χ0n) is 10.2. The monoisotopic (exact) mass is 332 g/mol. The summed E-state index contributed by atoms with van der Waals surface area (Å²) in [6.07, 6.45) is -1.58. The molecule has 1 aliphatic rings. The molecule has 7 heteroatoms. The normalized spacial score (nSPS) is 14.9. The van der Waals surface area contributed by atoms with Crippen LogP contribution in [0.15, 0.2) is 10.5 Å². The molecule has 104 valence electrons. The summed E-state index contributed by atoms with van der Waals surface area (Å²) in [6.45, 7) is 2.50. The number of phenols is 1. The Balaban J connectivity index is 2.41. The molecular formula is C12H13BrO6. The van der Waals surface area contributed by atoms with E-state index in [9.17, 15) is 15.0 Å². The number of benzene rings is 1. The summed E-state index contributed by atoms with van der Waals surface area (Å²) in [4.78, 5) is 11.5. The molecule has 0 spiro atoms. The first-order valence-corrected chi connectivity index (χ1v) is 6.51. The minimum absolute atomic E-state index is 0.00887. The summed E-state index contributed by atoms with van der Waals surface area (Å²) in [5.41, 5.74) is 0.00887. The predicted molar refractivity (Wildman–Crippen MR) is 68.4 cm³/mol. The molecule has 0 aliphatic carbocycles. The number of carbonyl (C=O) groups is 1. The Morgan fingerprint density at radius 1 is 1.53 bits per heavy atom. The Kier molecular flexibility index (Phi) is 4.16. The molecule has 1 aromatic rings. The standard InChI is InChI=1S/C12H13BrO6/c1-2-17-12(16)10(15)6-5-7-11(8(13)9(6)14)19-4-3-18-7/h5,10,14-15H,2-4H2,1H3. The lowest BCUT2D eigenvalue weighted by Crippen LogP contribution is -2.18. The van der Waals surface area contributed by atoms with Crippen molar-refractivity contribution in [2.45, 2.75) is 13.0 Å². The van der Waals surface area contributed by atoms with Crippen LogP contribution in [-0.4, -0.2) is 36.0 Å². The lowest BCUT2D eigenvalue weighted by molar-refractivity contribution is -0.153. The summed E-state index contributed by atoms with van der Waals surface area (Å²) < 4.78 is 15.7. The first kappa shape index (κ1) is 14.0. The average molecular weight is 333 g/mol. The van der Waals surface area contributed by atoms with Crippen LogP contribution >= 0.6 is 15.9 Å². The van der Waals surface area contributed by atoms with E-state index in [2.05, 4.69) is 15.9 Å². The minimum atomic E-state index is -1.58. The van der Waals surface area contributed by atoms with E-state index < -0.39 is 12.1 Å². The van der Waals surface area contributed by atoms with Crippen LogP contribution in [-0.2, 0) is 9.53 Å². The third-order valence-corrected chi connectivity index (χ3v) is 3.32. The highest BCUT2D eigenvalue weighted by Crippen LogP contribution is 2.46. The minimum Gasteiger partial charge on any atom is -0.506 e. The van der Waals surface area contributed by atoms with Gasteiger partial charge in [-0.3, -0.25) is 0 Å². The maximum Gasteiger partial charge on any atom is 0.339 e. The second-order valence-corrected chi connectivity index (χ2v) is 4.60. The van der Waals surface area contributed by atoms with Gasteiger partial charge in [-0.05, 0) is 28.9 Å². The smallest absolute Gasteiger partial charge is 0.339 e. The summed E-state index contributed by atoms with van der Waals surface area (Å²) in [5, 5.41) is 19.9. The number of esters is 1. The molecule has 1 heterocycles. The molecule has 0 fully saturated rings. The molecule has 1 aromatic carbocycles. The number of aromatic hydroxyl groups is 1. The molecule has 1 aliphatic heterocycles. The number of halogens is 1. The Hall–Kier alpha value is -1.47. The van der Waals surface area contributed by atoms with Gasteiger partial charge in [-0.1, -0.05) is 0 Å². The molecule has 0 aromatic heterocycles. The van der Waals surface area contributed by atoms with Crippen molar-refractivity contribution in [3.05, 3.63) is 16.1 Å². The second kappa shape index (κ2) is 5.66. The zero-order chi connectivity index (χ0) is 14.0. The van der Waals surface area contributed by atoms with Gasteiger partial charge in [0, 0.05) is 5.56 Å². The maximum absolute atomic E-state index is 11.5. The second-order valence-electron chi connectivity index (χ2n) is 3.81. The van der Waals surface area contributed by atoms with Gasteiger partial charge < -0.3 is 24.4 Å². The van der Waals surface area contributed by atoms with E-state index in [-0.39, 0.29) is 22.4 Å². The van der Waals surface area contributed by atoms with Crippen molar-refractivity contribution in [2.75, 3.05) is 19.8 Å². The summed E-state index contributed by atoms with van der Waals surface area (Å²) in [5.74, 6) is -0.399. The fourth-order valence-electron chi connectivity index (χ4n) is 1.71. The number of phenolic OH excluding ortho intramolecular Hbond substituents is 1. The van der Waals surface area contributed by atoms with E-state index in [0.29, 0.717) is 24.7 Å². The van der Waals surface area contributed by atoms with Crippen molar-refractivity contribution in [3.8, 4) is 17.2 Å². The van der Waals surface area contributed by atoms with Crippen LogP contribution < -0.4 is 9.47 Å². The number of carbonyl (C=O) groups excluding carboxylic acids is 1. The van der Waals surface area contributed by atoms with Crippen molar-refractivity contribution in [1.82, 2.24) is 0 Å². The molecular weight excluding hydrogens is 320 g/mol. The van der Waals surface area contributed by atoms with Crippen molar-refractivity contribution >= 4 is 21.9 Å². The van der Waals surface area contributed by atoms with E-state index >= 15 is 0 Å². The van der Waals surface area contributed by atoms with Crippen LogP contribution in [0.3, 0.4) is 0 Å². The summed E-state index contributed by atoms with van der Waals surface area (Å²) in [6, 6.07) is 1.37. The third kappa shape index (κ3) is 2.62. The third-order valence-electron chi connectivity index (χ3n) is 2.58. The highest BCUT2D eigenvalue weighted by atomic mass is 79.9. The van der Waals surface area contributed by atoms with Gasteiger partial charge in [-0.2, -0.15) is 0 Å². The number of hydrogen-bond donors (Lipinski definition) is 2.